The molecule has 3 aromatic rings. The first-order valence-corrected chi connectivity index (χ1v) is 16.1. The molecule has 2 amide bonds. The normalized spacial score (nSPS) is 14.5. The van der Waals surface area contributed by atoms with E-state index in [2.05, 4.69) is 5.32 Å². The van der Waals surface area contributed by atoms with E-state index in [1.54, 1.807) is 30.3 Å². The van der Waals surface area contributed by atoms with Gasteiger partial charge >= 0.3 is 0 Å². The summed E-state index contributed by atoms with van der Waals surface area (Å²) in [6.07, 6.45) is 5.47. The average Bonchev–Trinajstić information content (AvgIpc) is 3.01. The summed E-state index contributed by atoms with van der Waals surface area (Å²) < 4.78 is 34.2. The highest BCUT2D eigenvalue weighted by atomic mass is 35.5. The maximum Gasteiger partial charge on any atom is 0.264 e. The molecule has 4 rings (SSSR count). The zero-order valence-corrected chi connectivity index (χ0v) is 25.6. The van der Waals surface area contributed by atoms with Gasteiger partial charge in [0.15, 0.2) is 0 Å². The number of nitrogens with zero attached hydrogens (tertiary/aromatic N) is 2. The van der Waals surface area contributed by atoms with Crippen LogP contribution in [0, 0.1) is 0 Å². The second-order valence-corrected chi connectivity index (χ2v) is 12.7. The highest BCUT2D eigenvalue weighted by Gasteiger charge is 2.34. The van der Waals surface area contributed by atoms with Crippen LogP contribution in [0.2, 0.25) is 5.02 Å². The van der Waals surface area contributed by atoms with Gasteiger partial charge in [0, 0.05) is 12.6 Å². The van der Waals surface area contributed by atoms with Crippen LogP contribution in [0.1, 0.15) is 51.0 Å². The third kappa shape index (κ3) is 7.63. The number of methoxy groups -OCH3 is 1. The molecule has 1 saturated carbocycles. The highest BCUT2D eigenvalue weighted by Crippen LogP contribution is 2.32. The molecular formula is C32H38ClN3O5S. The SMILES string of the molecule is CC[C@H](C(=O)NC1CCCCC1)N(Cc1ccccc1)C(=O)CN(c1ccc(OC)c(Cl)c1)S(=O)(=O)c1ccccc1. The molecule has 1 aliphatic carbocycles. The standard InChI is InChI=1S/C32H38ClN3O5S/c1-3-29(32(38)34-25-15-9-5-10-16-25)35(22-24-13-7-4-8-14-24)31(37)23-36(26-19-20-30(41-2)28(33)21-26)42(39,40)27-17-11-6-12-18-27/h4,6-8,11-14,17-21,25,29H,3,5,9-10,15-16,22-23H2,1-2H3,(H,34,38)/t29-/m1/s1. The van der Waals surface area contributed by atoms with Crippen LogP contribution >= 0.6 is 11.6 Å². The minimum absolute atomic E-state index is 0.0291. The number of amides is 2. The molecule has 1 aliphatic rings. The molecule has 0 spiro atoms. The van der Waals surface area contributed by atoms with Crippen LogP contribution in [-0.4, -0.2) is 50.9 Å². The third-order valence-corrected chi connectivity index (χ3v) is 9.65. The third-order valence-electron chi connectivity index (χ3n) is 7.57. The zero-order chi connectivity index (χ0) is 30.1. The Hall–Kier alpha value is -3.56. The Morgan fingerprint density at radius 3 is 2.21 bits per heavy atom. The van der Waals surface area contributed by atoms with Gasteiger partial charge in [-0.3, -0.25) is 13.9 Å². The maximum absolute atomic E-state index is 14.2. The fourth-order valence-electron chi connectivity index (χ4n) is 5.30. The molecule has 0 aromatic heterocycles. The van der Waals surface area contributed by atoms with Crippen molar-refractivity contribution in [2.24, 2.45) is 0 Å². The van der Waals surface area contributed by atoms with E-state index in [0.29, 0.717) is 12.2 Å². The Bertz CT molecular complexity index is 1450. The monoisotopic (exact) mass is 611 g/mol. The van der Waals surface area contributed by atoms with E-state index < -0.39 is 28.5 Å². The van der Waals surface area contributed by atoms with Crippen LogP contribution < -0.4 is 14.4 Å². The van der Waals surface area contributed by atoms with Gasteiger partial charge in [0.05, 0.1) is 22.7 Å². The van der Waals surface area contributed by atoms with Crippen LogP contribution in [0.3, 0.4) is 0 Å². The number of carbonyl (C=O) groups excluding carboxylic acids is 2. The van der Waals surface area contributed by atoms with Crippen LogP contribution in [0.5, 0.6) is 5.75 Å². The topological polar surface area (TPSA) is 96.0 Å². The van der Waals surface area contributed by atoms with Crippen molar-refractivity contribution >= 4 is 39.1 Å². The molecule has 224 valence electrons. The molecule has 42 heavy (non-hydrogen) atoms. The minimum Gasteiger partial charge on any atom is -0.495 e. The number of carbonyl (C=O) groups is 2. The predicted octanol–water partition coefficient (Wildman–Crippen LogP) is 5.80. The lowest BCUT2D eigenvalue weighted by Gasteiger charge is -2.34. The lowest BCUT2D eigenvalue weighted by atomic mass is 9.95. The first-order chi connectivity index (χ1) is 20.2. The van der Waals surface area contributed by atoms with E-state index in [1.807, 2.05) is 37.3 Å². The van der Waals surface area contributed by atoms with Crippen molar-refractivity contribution in [1.82, 2.24) is 10.2 Å². The van der Waals surface area contributed by atoms with E-state index >= 15 is 0 Å². The number of benzene rings is 3. The number of ether oxygens (including phenoxy) is 1. The second-order valence-electron chi connectivity index (χ2n) is 10.4. The van der Waals surface area contributed by atoms with Gasteiger partial charge in [-0.05, 0) is 55.2 Å². The lowest BCUT2D eigenvalue weighted by molar-refractivity contribution is -0.140. The Morgan fingerprint density at radius 1 is 0.976 bits per heavy atom. The second kappa shape index (κ2) is 14.6. The molecule has 3 aromatic carbocycles. The first kappa shape index (κ1) is 31.4. The van der Waals surface area contributed by atoms with E-state index in [4.69, 9.17) is 16.3 Å². The van der Waals surface area contributed by atoms with E-state index in [-0.39, 0.29) is 34.1 Å². The van der Waals surface area contributed by atoms with Gasteiger partial charge in [-0.2, -0.15) is 0 Å². The van der Waals surface area contributed by atoms with E-state index in [0.717, 1.165) is 42.0 Å². The van der Waals surface area contributed by atoms with Crippen LogP contribution in [0.4, 0.5) is 5.69 Å². The van der Waals surface area contributed by atoms with E-state index in [1.165, 1.54) is 30.2 Å². The van der Waals surface area contributed by atoms with Gasteiger partial charge in [0.25, 0.3) is 10.0 Å². The Balaban J connectivity index is 1.71. The first-order valence-electron chi connectivity index (χ1n) is 14.3. The van der Waals surface area contributed by atoms with Crippen molar-refractivity contribution in [3.8, 4) is 5.75 Å². The molecule has 0 saturated heterocycles. The number of sulfonamides is 1. The molecule has 0 aliphatic heterocycles. The number of nitrogens with one attached hydrogen (secondary N) is 1. The lowest BCUT2D eigenvalue weighted by Crippen LogP contribution is -2.54. The summed E-state index contributed by atoms with van der Waals surface area (Å²) in [5.41, 5.74) is 1.04. The van der Waals surface area contributed by atoms with Crippen molar-refractivity contribution in [2.75, 3.05) is 18.0 Å². The van der Waals surface area contributed by atoms with Crippen LogP contribution in [0.15, 0.2) is 83.8 Å². The molecular weight excluding hydrogens is 574 g/mol. The number of hydrogen-bond donors (Lipinski definition) is 1. The van der Waals surface area contributed by atoms with Crippen molar-refractivity contribution in [3.05, 3.63) is 89.4 Å². The summed E-state index contributed by atoms with van der Waals surface area (Å²) in [6, 6.07) is 21.2. The van der Waals surface area contributed by atoms with Gasteiger partial charge in [-0.25, -0.2) is 8.42 Å². The van der Waals surface area contributed by atoms with Crippen molar-refractivity contribution in [1.29, 1.82) is 0 Å². The van der Waals surface area contributed by atoms with Gasteiger partial charge in [-0.15, -0.1) is 0 Å². The van der Waals surface area contributed by atoms with Crippen molar-refractivity contribution in [2.45, 2.75) is 69.0 Å². The number of hydrogen-bond acceptors (Lipinski definition) is 5. The summed E-state index contributed by atoms with van der Waals surface area (Å²) in [6.45, 7) is 1.48. The maximum atomic E-state index is 14.2. The van der Waals surface area contributed by atoms with Crippen LogP contribution in [-0.2, 0) is 26.2 Å². The molecule has 0 radical (unpaired) electrons. The van der Waals surface area contributed by atoms with Gasteiger partial charge in [-0.1, -0.05) is 86.3 Å². The van der Waals surface area contributed by atoms with E-state index in [9.17, 15) is 18.0 Å². The number of anilines is 1. The smallest absolute Gasteiger partial charge is 0.264 e. The van der Waals surface area contributed by atoms with Crippen LogP contribution in [0.25, 0.3) is 0 Å². The molecule has 8 nitrogen and oxygen atoms in total. The number of halogens is 1. The Labute approximate surface area is 253 Å². The summed E-state index contributed by atoms with van der Waals surface area (Å²) in [7, 11) is -2.72. The Morgan fingerprint density at radius 2 is 1.62 bits per heavy atom. The summed E-state index contributed by atoms with van der Waals surface area (Å²) >= 11 is 6.39. The summed E-state index contributed by atoms with van der Waals surface area (Å²) in [5, 5.41) is 3.36. The molecule has 0 unspecified atom stereocenters. The van der Waals surface area contributed by atoms with Gasteiger partial charge < -0.3 is 15.0 Å². The van der Waals surface area contributed by atoms with Crippen molar-refractivity contribution < 1.29 is 22.7 Å². The Kier molecular flexibility index (Phi) is 10.9. The predicted molar refractivity (Wildman–Crippen MR) is 165 cm³/mol. The van der Waals surface area contributed by atoms with Crippen molar-refractivity contribution in [3.63, 3.8) is 0 Å². The highest BCUT2D eigenvalue weighted by molar-refractivity contribution is 7.92. The summed E-state index contributed by atoms with van der Waals surface area (Å²) in [5.74, 6) is -0.352. The molecule has 0 bridgehead atoms. The molecule has 0 heterocycles. The zero-order valence-electron chi connectivity index (χ0n) is 24.0. The average molecular weight is 612 g/mol. The van der Waals surface area contributed by atoms with Gasteiger partial charge in [0.1, 0.15) is 18.3 Å². The fourth-order valence-corrected chi connectivity index (χ4v) is 6.98. The largest absolute Gasteiger partial charge is 0.495 e. The molecule has 1 atom stereocenters. The molecule has 10 heteroatoms. The van der Waals surface area contributed by atoms with Gasteiger partial charge in [0.2, 0.25) is 11.8 Å². The minimum atomic E-state index is -4.18. The number of rotatable bonds is 12. The molecule has 1 N–H and O–H groups in total. The molecule has 1 fully saturated rings. The summed E-state index contributed by atoms with van der Waals surface area (Å²) in [4.78, 5) is 29.3. The quantitative estimate of drug-likeness (QED) is 0.279. The fraction of sp³-hybridized carbons (Fsp3) is 0.375.